The molecule has 2 saturated heterocycles. The number of cyclic esters (lactones) is 1. The van der Waals surface area contributed by atoms with E-state index >= 15 is 0 Å². The van der Waals surface area contributed by atoms with Gasteiger partial charge in [0.15, 0.2) is 5.78 Å². The van der Waals surface area contributed by atoms with Crippen LogP contribution in [0.4, 0.5) is 0 Å². The van der Waals surface area contributed by atoms with Crippen molar-refractivity contribution in [2.24, 2.45) is 35.5 Å². The molecule has 4 aliphatic rings. The number of hydrogen-bond donors (Lipinski definition) is 2. The average Bonchev–Trinajstić information content (AvgIpc) is 3.35. The molecule has 15 nitrogen and oxygen atoms in total. The van der Waals surface area contributed by atoms with Crippen molar-refractivity contribution in [3.63, 3.8) is 0 Å². The summed E-state index contributed by atoms with van der Waals surface area (Å²) in [6.07, 6.45) is 14.5. The molecule has 71 heavy (non-hydrogen) atoms. The molecule has 2 N–H and O–H groups in total. The van der Waals surface area contributed by atoms with Gasteiger partial charge in [-0.2, -0.15) is 0 Å². The number of ketones is 3. The molecule has 0 radical (unpaired) electrons. The molecule has 3 aliphatic heterocycles. The summed E-state index contributed by atoms with van der Waals surface area (Å²) in [6.45, 7) is 15.3. The molecule has 3 heterocycles. The molecule has 2 bridgehead atoms. The zero-order chi connectivity index (χ0) is 52.4. The molecule has 0 spiro atoms. The second kappa shape index (κ2) is 29.0. The Morgan fingerprint density at radius 1 is 0.873 bits per heavy atom. The number of aliphatic hydroxyl groups is 2. The number of hydrogen-bond acceptors (Lipinski definition) is 14. The van der Waals surface area contributed by atoms with Gasteiger partial charge < -0.3 is 48.3 Å². The number of Topliss-reactive ketones (excluding diaryl/α,β-unsaturated/α-hetero) is 3. The zero-order valence-electron chi connectivity index (χ0n) is 44.4. The zero-order valence-corrected chi connectivity index (χ0v) is 44.4. The van der Waals surface area contributed by atoms with E-state index in [9.17, 15) is 34.2 Å². The van der Waals surface area contributed by atoms with E-state index in [0.717, 1.165) is 18.4 Å². The highest BCUT2D eigenvalue weighted by molar-refractivity contribution is 6.39. The summed E-state index contributed by atoms with van der Waals surface area (Å²) in [6, 6.07) is -1.15. The molecule has 0 aromatic heterocycles. The van der Waals surface area contributed by atoms with Gasteiger partial charge in [-0.05, 0) is 107 Å². The molecule has 3 fully saturated rings. The maximum absolute atomic E-state index is 14.5. The Labute approximate surface area is 423 Å². The monoisotopic (exact) mass is 996 g/mol. The third-order valence-corrected chi connectivity index (χ3v) is 15.1. The molecule has 0 aromatic rings. The van der Waals surface area contributed by atoms with Crippen molar-refractivity contribution in [3.05, 3.63) is 47.6 Å². The van der Waals surface area contributed by atoms with Crippen LogP contribution in [0.2, 0.25) is 0 Å². The molecule has 15 atom stereocenters. The lowest BCUT2D eigenvalue weighted by Gasteiger charge is -2.42. The van der Waals surface area contributed by atoms with Crippen LogP contribution in [0.15, 0.2) is 47.6 Å². The van der Waals surface area contributed by atoms with Crippen molar-refractivity contribution in [2.75, 3.05) is 41.1 Å². The van der Waals surface area contributed by atoms with Gasteiger partial charge in [0, 0.05) is 65.4 Å². The van der Waals surface area contributed by atoms with E-state index in [1.54, 1.807) is 48.0 Å². The Hall–Kier alpha value is -4.01. The van der Waals surface area contributed by atoms with Gasteiger partial charge in [0.05, 0.1) is 31.5 Å². The minimum atomic E-state index is -2.47. The smallest absolute Gasteiger partial charge is 0.329 e. The van der Waals surface area contributed by atoms with E-state index in [2.05, 4.69) is 12.0 Å². The summed E-state index contributed by atoms with van der Waals surface area (Å²) < 4.78 is 41.2. The maximum Gasteiger partial charge on any atom is 0.329 e. The van der Waals surface area contributed by atoms with Crippen LogP contribution in [-0.4, -0.2) is 140 Å². The van der Waals surface area contributed by atoms with Gasteiger partial charge >= 0.3 is 5.97 Å². The number of nitrogens with zero attached hydrogens (tertiary/aromatic N) is 1. The van der Waals surface area contributed by atoms with Crippen molar-refractivity contribution in [3.8, 4) is 12.0 Å². The second-order valence-corrected chi connectivity index (χ2v) is 20.7. The number of aliphatic hydroxyl groups excluding tert-OH is 1. The van der Waals surface area contributed by atoms with Crippen LogP contribution < -0.4 is 0 Å². The molecule has 398 valence electrons. The van der Waals surface area contributed by atoms with Crippen molar-refractivity contribution >= 4 is 29.2 Å². The quantitative estimate of drug-likeness (QED) is 0.0734. The number of esters is 1. The van der Waals surface area contributed by atoms with Gasteiger partial charge in [-0.25, -0.2) is 4.79 Å². The van der Waals surface area contributed by atoms with E-state index in [4.69, 9.17) is 33.2 Å². The Kier molecular flexibility index (Phi) is 24.3. The molecule has 1 aliphatic carbocycles. The third kappa shape index (κ3) is 16.8. The number of ether oxygens (including phenoxy) is 7. The van der Waals surface area contributed by atoms with Gasteiger partial charge in [0.1, 0.15) is 42.3 Å². The summed E-state index contributed by atoms with van der Waals surface area (Å²) >= 11 is 0. The molecule has 1 saturated carbocycles. The maximum atomic E-state index is 14.5. The standard InChI is InChI=1S/C56H85NO14/c1-12-26-68-47-33-43-23-21-41(8)56(64,71-43)53(61)54(62)57-25-17-16-20-44(57)55(63)70-48(38(5)31-42-22-24-46(49(32-42)66-10)69-28-27-65-9)34-45(58)37(4)30-40(7)51(60)52(67-11)50(59)39(6)29-35(2)18-14-13-15-19-36(47)3/h13-15,18-19,30,35,37-39,41-44,46-49,51-52,60,64H,16-17,20-25,27-29,31-34H2,1-11H3/b15-13?,18-14+,36-19?,40-30+/t35-,37-,38-,39-,41-,42+,43+,44+,46+,47+,48+,49-,51-,52+,56-/m1/s1. The first-order valence-electron chi connectivity index (χ1n) is 25.9. The topological polar surface area (TPSA) is 194 Å². The van der Waals surface area contributed by atoms with Gasteiger partial charge in [-0.3, -0.25) is 19.2 Å². The number of methoxy groups -OCH3 is 3. The SMILES string of the molecule is CC#CO[C@H]1C[C@@H]2CC[C@@H](C)[C@@](O)(O2)C(=O)C(=O)N2CCCC[C@H]2C(=O)O[C@H]([C@H](C)C[C@@H]2CC[C@H](OCCOC)[C@H](OC)C2)CC(=O)[C@H](C)/C=C(\C)[C@@H](O)[C@@H](OC)C(=O)[C@H](C)C[C@H](C)/C=C/C=CC=C1C. The predicted octanol–water partition coefficient (Wildman–Crippen LogP) is 7.20. The normalized spacial score (nSPS) is 36.5. The minimum absolute atomic E-state index is 0.000433. The summed E-state index contributed by atoms with van der Waals surface area (Å²) in [5, 5.41) is 23.6. The first kappa shape index (κ1) is 59.6. The fraction of sp³-hybridized carbons (Fsp3) is 0.732. The van der Waals surface area contributed by atoms with Gasteiger partial charge in [0.2, 0.25) is 5.79 Å². The highest BCUT2D eigenvalue weighted by Gasteiger charge is 2.53. The van der Waals surface area contributed by atoms with Gasteiger partial charge in [0.25, 0.3) is 11.7 Å². The summed E-state index contributed by atoms with van der Waals surface area (Å²) in [5.41, 5.74) is 1.20. The fourth-order valence-corrected chi connectivity index (χ4v) is 10.6. The van der Waals surface area contributed by atoms with E-state index in [1.165, 1.54) is 12.0 Å². The summed E-state index contributed by atoms with van der Waals surface area (Å²) in [4.78, 5) is 72.5. The Morgan fingerprint density at radius 3 is 2.31 bits per heavy atom. The molecule has 0 unspecified atom stereocenters. The number of carbonyl (C=O) groups is 5. The lowest BCUT2D eigenvalue weighted by molar-refractivity contribution is -0.265. The third-order valence-electron chi connectivity index (χ3n) is 15.1. The average molecular weight is 996 g/mol. The highest BCUT2D eigenvalue weighted by atomic mass is 16.6. The largest absolute Gasteiger partial charge is 0.460 e. The van der Waals surface area contributed by atoms with Crippen LogP contribution in [0.3, 0.4) is 0 Å². The summed E-state index contributed by atoms with van der Waals surface area (Å²) in [5.74, 6) is -5.27. The van der Waals surface area contributed by atoms with Crippen molar-refractivity contribution < 1.29 is 67.3 Å². The minimum Gasteiger partial charge on any atom is -0.460 e. The number of allylic oxidation sites excluding steroid dienone is 6. The van der Waals surface area contributed by atoms with Crippen LogP contribution in [-0.2, 0) is 57.1 Å². The predicted molar refractivity (Wildman–Crippen MR) is 268 cm³/mol. The van der Waals surface area contributed by atoms with Crippen molar-refractivity contribution in [2.45, 2.75) is 187 Å². The Morgan fingerprint density at radius 2 is 1.62 bits per heavy atom. The van der Waals surface area contributed by atoms with Crippen LogP contribution in [0.5, 0.6) is 0 Å². The van der Waals surface area contributed by atoms with Crippen LogP contribution in [0.25, 0.3) is 0 Å². The van der Waals surface area contributed by atoms with Gasteiger partial charge in [-0.1, -0.05) is 77.0 Å². The van der Waals surface area contributed by atoms with Crippen molar-refractivity contribution in [1.29, 1.82) is 0 Å². The molecule has 0 aromatic carbocycles. The Balaban J connectivity index is 1.71. The lowest BCUT2D eigenvalue weighted by Crippen LogP contribution is -2.61. The van der Waals surface area contributed by atoms with E-state index < -0.39 is 77.8 Å². The molecule has 15 heteroatoms. The van der Waals surface area contributed by atoms with Crippen LogP contribution in [0.1, 0.15) is 132 Å². The summed E-state index contributed by atoms with van der Waals surface area (Å²) in [7, 11) is 4.67. The van der Waals surface area contributed by atoms with E-state index in [-0.39, 0.29) is 67.3 Å². The first-order valence-corrected chi connectivity index (χ1v) is 25.9. The molecule has 4 rings (SSSR count). The number of rotatable bonds is 10. The van der Waals surface area contributed by atoms with Crippen LogP contribution in [0, 0.1) is 47.5 Å². The number of piperidine rings is 1. The van der Waals surface area contributed by atoms with E-state index in [1.807, 2.05) is 58.1 Å². The van der Waals surface area contributed by atoms with Gasteiger partial charge in [-0.15, -0.1) is 0 Å². The van der Waals surface area contributed by atoms with Crippen molar-refractivity contribution in [1.82, 2.24) is 4.90 Å². The molecule has 1 amide bonds. The van der Waals surface area contributed by atoms with Crippen LogP contribution >= 0.6 is 0 Å². The number of carbonyl (C=O) groups excluding carboxylic acids is 5. The van der Waals surface area contributed by atoms with E-state index in [0.29, 0.717) is 63.7 Å². The molecular weight excluding hydrogens is 911 g/mol. The highest BCUT2D eigenvalue weighted by Crippen LogP contribution is 2.38. The first-order chi connectivity index (χ1) is 33.8. The Bertz CT molecular complexity index is 1970. The number of fused-ring (bicyclic) bond motifs is 3. The second-order valence-electron chi connectivity index (χ2n) is 20.7. The fourth-order valence-electron chi connectivity index (χ4n) is 10.6. The lowest BCUT2D eigenvalue weighted by atomic mass is 9.78. The molecular formula is C56H85NO14. The number of amides is 1.